The van der Waals surface area contributed by atoms with Crippen molar-refractivity contribution in [3.63, 3.8) is 0 Å². The molecule has 0 bridgehead atoms. The average molecular weight is 321 g/mol. The smallest absolute Gasteiger partial charge is 0.279 e. The predicted molar refractivity (Wildman–Crippen MR) is 85.5 cm³/mol. The van der Waals surface area contributed by atoms with E-state index in [0.717, 1.165) is 38.8 Å². The summed E-state index contributed by atoms with van der Waals surface area (Å²) in [6, 6.07) is 0. The SMILES string of the molecule is CCCNCCCN(C)S(=O)(=O)NCCOC1CCCC1. The fourth-order valence-corrected chi connectivity index (χ4v) is 3.34. The zero-order valence-electron chi connectivity index (χ0n) is 13.4. The van der Waals surface area contributed by atoms with Crippen molar-refractivity contribution >= 4 is 10.2 Å². The molecule has 0 heterocycles. The first-order valence-corrected chi connectivity index (χ1v) is 9.53. The van der Waals surface area contributed by atoms with Gasteiger partial charge >= 0.3 is 0 Å². The Labute approximate surface area is 129 Å². The maximum absolute atomic E-state index is 12.0. The molecule has 0 saturated heterocycles. The minimum atomic E-state index is -3.37. The lowest BCUT2D eigenvalue weighted by Crippen LogP contribution is -2.40. The number of nitrogens with zero attached hydrogens (tertiary/aromatic N) is 1. The molecule has 1 aliphatic carbocycles. The highest BCUT2D eigenvalue weighted by Gasteiger charge is 2.18. The van der Waals surface area contributed by atoms with Gasteiger partial charge in [0.05, 0.1) is 12.7 Å². The number of rotatable bonds is 12. The third-order valence-electron chi connectivity index (χ3n) is 3.71. The van der Waals surface area contributed by atoms with Crippen LogP contribution >= 0.6 is 0 Å². The zero-order valence-corrected chi connectivity index (χ0v) is 14.3. The van der Waals surface area contributed by atoms with Crippen molar-refractivity contribution in [1.82, 2.24) is 14.3 Å². The number of hydrogen-bond donors (Lipinski definition) is 2. The largest absolute Gasteiger partial charge is 0.377 e. The Balaban J connectivity index is 2.09. The molecule has 1 saturated carbocycles. The third kappa shape index (κ3) is 8.11. The Morgan fingerprint density at radius 1 is 1.19 bits per heavy atom. The van der Waals surface area contributed by atoms with Gasteiger partial charge in [-0.3, -0.25) is 0 Å². The molecule has 0 unspecified atom stereocenters. The molecule has 2 N–H and O–H groups in total. The first-order chi connectivity index (χ1) is 10.1. The molecule has 0 amide bonds. The number of hydrogen-bond acceptors (Lipinski definition) is 4. The highest BCUT2D eigenvalue weighted by Crippen LogP contribution is 2.20. The third-order valence-corrected chi connectivity index (χ3v) is 5.28. The molecule has 0 aromatic rings. The van der Waals surface area contributed by atoms with E-state index in [1.165, 1.54) is 17.1 Å². The van der Waals surface area contributed by atoms with Crippen LogP contribution in [0.3, 0.4) is 0 Å². The van der Waals surface area contributed by atoms with E-state index in [1.807, 2.05) is 0 Å². The van der Waals surface area contributed by atoms with Crippen molar-refractivity contribution in [1.29, 1.82) is 0 Å². The van der Waals surface area contributed by atoms with E-state index < -0.39 is 10.2 Å². The molecule has 0 spiro atoms. The molecule has 0 aromatic carbocycles. The first-order valence-electron chi connectivity index (χ1n) is 8.09. The summed E-state index contributed by atoms with van der Waals surface area (Å²) in [5.41, 5.74) is 0. The van der Waals surface area contributed by atoms with Crippen molar-refractivity contribution in [2.24, 2.45) is 0 Å². The van der Waals surface area contributed by atoms with Crippen molar-refractivity contribution in [2.45, 2.75) is 51.6 Å². The molecule has 126 valence electrons. The van der Waals surface area contributed by atoms with Crippen LogP contribution < -0.4 is 10.0 Å². The summed E-state index contributed by atoms with van der Waals surface area (Å²) >= 11 is 0. The Morgan fingerprint density at radius 2 is 1.90 bits per heavy atom. The molecule has 0 aliphatic heterocycles. The number of nitrogens with one attached hydrogen (secondary N) is 2. The predicted octanol–water partition coefficient (Wildman–Crippen LogP) is 1.10. The average Bonchev–Trinajstić information content (AvgIpc) is 2.96. The van der Waals surface area contributed by atoms with Crippen LogP contribution in [-0.4, -0.2) is 58.7 Å². The summed E-state index contributed by atoms with van der Waals surface area (Å²) in [6.45, 7) is 5.26. The summed E-state index contributed by atoms with van der Waals surface area (Å²) in [5, 5.41) is 3.26. The molecule has 7 heteroatoms. The van der Waals surface area contributed by atoms with Gasteiger partial charge < -0.3 is 10.1 Å². The van der Waals surface area contributed by atoms with Gasteiger partial charge in [0, 0.05) is 20.1 Å². The molecular weight excluding hydrogens is 290 g/mol. The van der Waals surface area contributed by atoms with E-state index in [4.69, 9.17) is 4.74 Å². The van der Waals surface area contributed by atoms with Crippen molar-refractivity contribution < 1.29 is 13.2 Å². The molecule has 21 heavy (non-hydrogen) atoms. The van der Waals surface area contributed by atoms with E-state index in [-0.39, 0.29) is 0 Å². The molecule has 1 rings (SSSR count). The van der Waals surface area contributed by atoms with E-state index in [2.05, 4.69) is 17.0 Å². The molecule has 1 aliphatic rings. The quantitative estimate of drug-likeness (QED) is 0.528. The van der Waals surface area contributed by atoms with E-state index >= 15 is 0 Å². The fourth-order valence-electron chi connectivity index (χ4n) is 2.41. The Bertz CT molecular complexity index is 356. The number of ether oxygens (including phenoxy) is 1. The lowest BCUT2D eigenvalue weighted by molar-refractivity contribution is 0.0624. The van der Waals surface area contributed by atoms with Gasteiger partial charge in [-0.25, -0.2) is 0 Å². The summed E-state index contributed by atoms with van der Waals surface area (Å²) < 4.78 is 33.6. The normalized spacial score (nSPS) is 16.9. The van der Waals surface area contributed by atoms with E-state index in [1.54, 1.807) is 7.05 Å². The van der Waals surface area contributed by atoms with Crippen LogP contribution in [0.1, 0.15) is 45.4 Å². The van der Waals surface area contributed by atoms with E-state index in [9.17, 15) is 8.42 Å². The van der Waals surface area contributed by atoms with Crippen LogP contribution in [0.15, 0.2) is 0 Å². The van der Waals surface area contributed by atoms with Crippen molar-refractivity contribution in [2.75, 3.05) is 39.8 Å². The van der Waals surface area contributed by atoms with Crippen LogP contribution in [0.2, 0.25) is 0 Å². The van der Waals surface area contributed by atoms with Crippen molar-refractivity contribution in [3.05, 3.63) is 0 Å². The van der Waals surface area contributed by atoms with Gasteiger partial charge in [-0.2, -0.15) is 17.4 Å². The summed E-state index contributed by atoms with van der Waals surface area (Å²) in [4.78, 5) is 0. The fraction of sp³-hybridized carbons (Fsp3) is 1.00. The van der Waals surface area contributed by atoms with Crippen LogP contribution in [0.5, 0.6) is 0 Å². The zero-order chi connectivity index (χ0) is 15.6. The van der Waals surface area contributed by atoms with Crippen LogP contribution in [-0.2, 0) is 14.9 Å². The lowest BCUT2D eigenvalue weighted by atomic mass is 10.3. The first kappa shape index (κ1) is 18.8. The minimum Gasteiger partial charge on any atom is -0.377 e. The van der Waals surface area contributed by atoms with Crippen LogP contribution in [0.25, 0.3) is 0 Å². The minimum absolute atomic E-state index is 0.330. The molecular formula is C14H31N3O3S. The van der Waals surface area contributed by atoms with Gasteiger partial charge in [0.2, 0.25) is 0 Å². The van der Waals surface area contributed by atoms with Crippen LogP contribution in [0, 0.1) is 0 Å². The maximum Gasteiger partial charge on any atom is 0.279 e. The van der Waals surface area contributed by atoms with Gasteiger partial charge in [0.15, 0.2) is 0 Å². The standard InChI is InChI=1S/C14H31N3O3S/c1-3-9-15-10-6-12-17(2)21(18,19)16-11-13-20-14-7-4-5-8-14/h14-16H,3-13H2,1-2H3. The summed E-state index contributed by atoms with van der Waals surface area (Å²) in [6.07, 6.45) is 6.91. The molecule has 6 nitrogen and oxygen atoms in total. The Kier molecular flexibility index (Phi) is 9.42. The molecule has 1 fully saturated rings. The van der Waals surface area contributed by atoms with Crippen molar-refractivity contribution in [3.8, 4) is 0 Å². The topological polar surface area (TPSA) is 70.7 Å². The molecule has 0 radical (unpaired) electrons. The van der Waals surface area contributed by atoms with Crippen LogP contribution in [0.4, 0.5) is 0 Å². The highest BCUT2D eigenvalue weighted by molar-refractivity contribution is 7.87. The summed E-state index contributed by atoms with van der Waals surface area (Å²) in [5.74, 6) is 0. The summed E-state index contributed by atoms with van der Waals surface area (Å²) in [7, 11) is -1.76. The lowest BCUT2D eigenvalue weighted by Gasteiger charge is -2.18. The van der Waals surface area contributed by atoms with Gasteiger partial charge in [0.25, 0.3) is 10.2 Å². The monoisotopic (exact) mass is 321 g/mol. The van der Waals surface area contributed by atoms with Gasteiger partial charge in [-0.1, -0.05) is 19.8 Å². The second kappa shape index (κ2) is 10.5. The van der Waals surface area contributed by atoms with Gasteiger partial charge in [0.1, 0.15) is 0 Å². The van der Waals surface area contributed by atoms with Gasteiger partial charge in [-0.15, -0.1) is 0 Å². The maximum atomic E-state index is 12.0. The highest BCUT2D eigenvalue weighted by atomic mass is 32.2. The second-order valence-electron chi connectivity index (χ2n) is 5.60. The van der Waals surface area contributed by atoms with E-state index in [0.29, 0.717) is 25.8 Å². The molecule has 0 atom stereocenters. The second-order valence-corrected chi connectivity index (χ2v) is 7.46. The molecule has 0 aromatic heterocycles. The Morgan fingerprint density at radius 3 is 2.57 bits per heavy atom. The Hall–Kier alpha value is -0.210. The van der Waals surface area contributed by atoms with Gasteiger partial charge in [-0.05, 0) is 38.8 Å².